The third-order valence-electron chi connectivity index (χ3n) is 0.968. The van der Waals surface area contributed by atoms with Gasteiger partial charge in [0, 0.05) is 5.70 Å². The van der Waals surface area contributed by atoms with E-state index in [0.717, 1.165) is 5.70 Å². The number of rotatable bonds is 0. The summed E-state index contributed by atoms with van der Waals surface area (Å²) in [4.78, 5) is 0. The van der Waals surface area contributed by atoms with E-state index in [1.165, 1.54) is 5.57 Å². The van der Waals surface area contributed by atoms with Crippen LogP contribution in [0.3, 0.4) is 0 Å². The Morgan fingerprint density at radius 3 is 2.00 bits per heavy atom. The molecular formula is C5H7N. The maximum Gasteiger partial charge on any atom is 0.0343 e. The molecule has 0 radical (unpaired) electrons. The van der Waals surface area contributed by atoms with Gasteiger partial charge >= 0.3 is 0 Å². The molecule has 6 heavy (non-hydrogen) atoms. The molecule has 0 fully saturated rings. The van der Waals surface area contributed by atoms with E-state index in [9.17, 15) is 0 Å². The molecule has 0 aromatic heterocycles. The lowest BCUT2D eigenvalue weighted by Gasteiger charge is -2.04. The van der Waals surface area contributed by atoms with E-state index in [4.69, 9.17) is 5.73 Å². The van der Waals surface area contributed by atoms with Crippen LogP contribution in [0.1, 0.15) is 6.92 Å². The maximum absolute atomic E-state index is 5.31. The fourth-order valence-corrected chi connectivity index (χ4v) is 0.346. The van der Waals surface area contributed by atoms with Gasteiger partial charge in [-0.25, -0.2) is 0 Å². The van der Waals surface area contributed by atoms with Gasteiger partial charge in [0.15, 0.2) is 0 Å². The summed E-state index contributed by atoms with van der Waals surface area (Å²) in [5.74, 6) is 0. The van der Waals surface area contributed by atoms with E-state index in [1.54, 1.807) is 0 Å². The van der Waals surface area contributed by atoms with E-state index in [2.05, 4.69) is 0 Å². The van der Waals surface area contributed by atoms with E-state index < -0.39 is 0 Å². The molecule has 1 aliphatic rings. The number of allylic oxidation sites excluding steroid dienone is 3. The fraction of sp³-hybridized carbons (Fsp3) is 0.200. The molecule has 1 heteroatoms. The van der Waals surface area contributed by atoms with Crippen molar-refractivity contribution in [1.29, 1.82) is 0 Å². The Labute approximate surface area is 37.2 Å². The molecule has 32 valence electrons. The largest absolute Gasteiger partial charge is 0.399 e. The Hall–Kier alpha value is -0.720. The van der Waals surface area contributed by atoms with Crippen molar-refractivity contribution >= 4 is 0 Å². The molecule has 0 aliphatic heterocycles. The van der Waals surface area contributed by atoms with Crippen molar-refractivity contribution in [3.63, 3.8) is 0 Å². The third-order valence-corrected chi connectivity index (χ3v) is 0.968. The minimum Gasteiger partial charge on any atom is -0.399 e. The highest BCUT2D eigenvalue weighted by atomic mass is 14.6. The first-order valence-electron chi connectivity index (χ1n) is 1.95. The summed E-state index contributed by atoms with van der Waals surface area (Å²) in [5, 5.41) is 0. The summed E-state index contributed by atoms with van der Waals surface area (Å²) in [6.45, 7) is 2.00. The van der Waals surface area contributed by atoms with Gasteiger partial charge in [-0.15, -0.1) is 0 Å². The molecule has 2 N–H and O–H groups in total. The van der Waals surface area contributed by atoms with Gasteiger partial charge in [-0.3, -0.25) is 0 Å². The SMILES string of the molecule is CC1=C(N)C=C1. The summed E-state index contributed by atoms with van der Waals surface area (Å²) < 4.78 is 0. The molecular weight excluding hydrogens is 74.1 g/mol. The van der Waals surface area contributed by atoms with Gasteiger partial charge in [0.25, 0.3) is 0 Å². The van der Waals surface area contributed by atoms with Gasteiger partial charge in [-0.1, -0.05) is 6.08 Å². The van der Waals surface area contributed by atoms with Crippen LogP contribution >= 0.6 is 0 Å². The monoisotopic (exact) mass is 81.1 g/mol. The van der Waals surface area contributed by atoms with Gasteiger partial charge < -0.3 is 5.73 Å². The van der Waals surface area contributed by atoms with Crippen LogP contribution in [0, 0.1) is 0 Å². The van der Waals surface area contributed by atoms with Crippen LogP contribution in [0.25, 0.3) is 0 Å². The average molecular weight is 81.1 g/mol. The van der Waals surface area contributed by atoms with Crippen LogP contribution in [-0.2, 0) is 0 Å². The third kappa shape index (κ3) is 0.249. The topological polar surface area (TPSA) is 26.0 Å². The lowest BCUT2D eigenvalue weighted by Crippen LogP contribution is -2.01. The Balaban J connectivity index is 2.71. The van der Waals surface area contributed by atoms with Gasteiger partial charge in [-0.05, 0) is 18.6 Å². The molecule has 1 aliphatic carbocycles. The molecule has 0 aromatic rings. The molecule has 0 saturated carbocycles. The van der Waals surface area contributed by atoms with E-state index in [-0.39, 0.29) is 0 Å². The van der Waals surface area contributed by atoms with Crippen molar-refractivity contribution in [1.82, 2.24) is 0 Å². The fourth-order valence-electron chi connectivity index (χ4n) is 0.346. The minimum absolute atomic E-state index is 0.926. The van der Waals surface area contributed by atoms with Crippen molar-refractivity contribution in [2.75, 3.05) is 0 Å². The summed E-state index contributed by atoms with van der Waals surface area (Å²) in [6, 6.07) is 0. The van der Waals surface area contributed by atoms with Crippen molar-refractivity contribution in [2.24, 2.45) is 5.73 Å². The van der Waals surface area contributed by atoms with Gasteiger partial charge in [0.1, 0.15) is 0 Å². The average Bonchev–Trinajstić information content (AvgIpc) is 1.61. The highest BCUT2D eigenvalue weighted by molar-refractivity contribution is 5.40. The standard InChI is InChI=1S/C5H7N/c1-4-2-3-5(4)6/h2-3H,6H2,1H3. The highest BCUT2D eigenvalue weighted by Crippen LogP contribution is 2.10. The van der Waals surface area contributed by atoms with E-state index in [1.807, 2.05) is 19.1 Å². The zero-order chi connectivity index (χ0) is 4.57. The zero-order valence-corrected chi connectivity index (χ0v) is 3.73. The Morgan fingerprint density at radius 1 is 1.50 bits per heavy atom. The first kappa shape index (κ1) is 3.47. The van der Waals surface area contributed by atoms with Gasteiger partial charge in [0.2, 0.25) is 0 Å². The van der Waals surface area contributed by atoms with Crippen LogP contribution in [0.15, 0.2) is 23.4 Å². The minimum atomic E-state index is 0.926. The second-order valence-electron chi connectivity index (χ2n) is 1.47. The molecule has 1 rings (SSSR count). The van der Waals surface area contributed by atoms with E-state index >= 15 is 0 Å². The van der Waals surface area contributed by atoms with Crippen molar-refractivity contribution in [3.8, 4) is 0 Å². The molecule has 0 saturated heterocycles. The number of hydrogen-bond acceptors (Lipinski definition) is 1. The van der Waals surface area contributed by atoms with Gasteiger partial charge in [0.05, 0.1) is 0 Å². The van der Waals surface area contributed by atoms with Gasteiger partial charge in [-0.2, -0.15) is 0 Å². The summed E-state index contributed by atoms with van der Waals surface area (Å²) in [6.07, 6.45) is 3.89. The smallest absolute Gasteiger partial charge is 0.0343 e. The maximum atomic E-state index is 5.31. The molecule has 0 heterocycles. The lowest BCUT2D eigenvalue weighted by molar-refractivity contribution is 1.26. The molecule has 0 atom stereocenters. The first-order chi connectivity index (χ1) is 2.80. The molecule has 0 unspecified atom stereocenters. The van der Waals surface area contributed by atoms with Crippen LogP contribution < -0.4 is 5.73 Å². The Bertz CT molecular complexity index is 106. The van der Waals surface area contributed by atoms with Crippen molar-refractivity contribution < 1.29 is 0 Å². The summed E-state index contributed by atoms with van der Waals surface area (Å²) >= 11 is 0. The number of hydrogen-bond donors (Lipinski definition) is 1. The molecule has 0 bridgehead atoms. The van der Waals surface area contributed by atoms with Crippen LogP contribution in [0.5, 0.6) is 0 Å². The number of nitrogens with two attached hydrogens (primary N) is 1. The Morgan fingerprint density at radius 2 is 2.00 bits per heavy atom. The van der Waals surface area contributed by atoms with Crippen molar-refractivity contribution in [2.45, 2.75) is 6.92 Å². The molecule has 0 amide bonds. The highest BCUT2D eigenvalue weighted by Gasteiger charge is 1.95. The second kappa shape index (κ2) is 0.869. The van der Waals surface area contributed by atoms with Crippen molar-refractivity contribution in [3.05, 3.63) is 23.4 Å². The van der Waals surface area contributed by atoms with E-state index in [0.29, 0.717) is 0 Å². The zero-order valence-electron chi connectivity index (χ0n) is 3.73. The molecule has 0 spiro atoms. The second-order valence-corrected chi connectivity index (χ2v) is 1.47. The molecule has 1 nitrogen and oxygen atoms in total. The van der Waals surface area contributed by atoms with Crippen LogP contribution in [-0.4, -0.2) is 0 Å². The molecule has 0 aromatic carbocycles. The quantitative estimate of drug-likeness (QED) is 0.458. The summed E-state index contributed by atoms with van der Waals surface area (Å²) in [7, 11) is 0. The van der Waals surface area contributed by atoms with Crippen LogP contribution in [0.2, 0.25) is 0 Å². The normalized spacial score (nSPS) is 18.2. The predicted octanol–water partition coefficient (Wildman–Crippen LogP) is 0.789. The lowest BCUT2D eigenvalue weighted by atomic mass is 10.1. The Kier molecular flexibility index (Phi) is 0.502. The summed E-state index contributed by atoms with van der Waals surface area (Å²) in [5.41, 5.74) is 7.44. The first-order valence-corrected chi connectivity index (χ1v) is 1.95. The van der Waals surface area contributed by atoms with Crippen LogP contribution in [0.4, 0.5) is 0 Å². The predicted molar refractivity (Wildman–Crippen MR) is 26.0 cm³/mol.